The summed E-state index contributed by atoms with van der Waals surface area (Å²) in [7, 11) is 0. The average molecular weight is 567 g/mol. The van der Waals surface area contributed by atoms with Crippen LogP contribution in [0, 0.1) is 27.7 Å². The number of nitrogens with zero attached hydrogens (tertiary/aromatic N) is 2. The summed E-state index contributed by atoms with van der Waals surface area (Å²) in [5.74, 6) is 0. The Labute approximate surface area is 245 Å². The number of fused-ring (bicyclic) bond motifs is 2. The second-order valence-electron chi connectivity index (χ2n) is 11.1. The number of aryl methyl sites for hydroxylation is 4. The van der Waals surface area contributed by atoms with E-state index in [0.717, 1.165) is 74.2 Å². The van der Waals surface area contributed by atoms with Gasteiger partial charge in [0.05, 0.1) is 6.61 Å². The Morgan fingerprint density at radius 1 is 0.571 bits per heavy atom. The lowest BCUT2D eigenvalue weighted by Crippen LogP contribution is -2.25. The molecule has 0 bridgehead atoms. The van der Waals surface area contributed by atoms with Gasteiger partial charge in [-0.1, -0.05) is 18.2 Å². The fraction of sp³-hybridized carbons (Fsp3) is 0.314. The third-order valence-electron chi connectivity index (χ3n) is 8.02. The maximum Gasteiger partial charge on any atom is 0.336 e. The molecule has 0 radical (unpaired) electrons. The first-order valence-electron chi connectivity index (χ1n) is 14.4. The van der Waals surface area contributed by atoms with Crippen LogP contribution in [-0.2, 0) is 19.7 Å². The van der Waals surface area contributed by atoms with Gasteiger partial charge in [-0.25, -0.2) is 9.59 Å². The molecule has 42 heavy (non-hydrogen) atoms. The second-order valence-corrected chi connectivity index (χ2v) is 11.1. The minimum absolute atomic E-state index is 0.0576. The number of aliphatic hydroxyl groups excluding tert-OH is 1. The topological polar surface area (TPSA) is 87.1 Å². The molecule has 0 aliphatic carbocycles. The highest BCUT2D eigenvalue weighted by Crippen LogP contribution is 2.31. The quantitative estimate of drug-likeness (QED) is 0.199. The summed E-state index contributed by atoms with van der Waals surface area (Å²) in [6.07, 6.45) is 0. The van der Waals surface area contributed by atoms with Crippen molar-refractivity contribution in [2.45, 2.75) is 61.2 Å². The van der Waals surface area contributed by atoms with E-state index < -0.39 is 0 Å². The minimum atomic E-state index is -0.349. The van der Waals surface area contributed by atoms with E-state index in [4.69, 9.17) is 8.83 Å². The zero-order valence-corrected chi connectivity index (χ0v) is 25.2. The summed E-state index contributed by atoms with van der Waals surface area (Å²) < 4.78 is 11.1. The first-order valence-corrected chi connectivity index (χ1v) is 14.4. The Kier molecular flexibility index (Phi) is 8.23. The van der Waals surface area contributed by atoms with E-state index >= 15 is 0 Å². The molecule has 0 spiro atoms. The molecule has 2 heterocycles. The summed E-state index contributed by atoms with van der Waals surface area (Å²) in [5.41, 5.74) is 9.50. The monoisotopic (exact) mass is 566 g/mol. The highest BCUT2D eigenvalue weighted by Gasteiger charge is 2.16. The third-order valence-corrected chi connectivity index (χ3v) is 8.02. The van der Waals surface area contributed by atoms with Gasteiger partial charge >= 0.3 is 11.3 Å². The van der Waals surface area contributed by atoms with Gasteiger partial charge in [0.25, 0.3) is 0 Å². The molecule has 0 amide bonds. The minimum Gasteiger partial charge on any atom is -0.423 e. The van der Waals surface area contributed by atoms with Crippen molar-refractivity contribution in [2.24, 2.45) is 0 Å². The molecule has 3 aromatic carbocycles. The van der Waals surface area contributed by atoms with Crippen molar-refractivity contribution in [3.63, 3.8) is 0 Å². The van der Waals surface area contributed by atoms with Crippen LogP contribution in [0.5, 0.6) is 0 Å². The van der Waals surface area contributed by atoms with Crippen molar-refractivity contribution >= 4 is 33.3 Å². The van der Waals surface area contributed by atoms with Crippen LogP contribution >= 0.6 is 0 Å². The lowest BCUT2D eigenvalue weighted by Gasteiger charge is -2.28. The first kappa shape index (κ1) is 29.1. The maximum atomic E-state index is 12.0. The molecule has 0 unspecified atom stereocenters. The van der Waals surface area contributed by atoms with E-state index in [2.05, 4.69) is 55.7 Å². The van der Waals surface area contributed by atoms with E-state index in [1.807, 2.05) is 38.1 Å². The van der Waals surface area contributed by atoms with Crippen LogP contribution in [0.2, 0.25) is 0 Å². The van der Waals surface area contributed by atoms with Crippen molar-refractivity contribution in [2.75, 3.05) is 22.9 Å². The Bertz CT molecular complexity index is 1770. The number of benzene rings is 3. The number of aliphatic hydroxyl groups is 1. The highest BCUT2D eigenvalue weighted by atomic mass is 16.4. The number of anilines is 2. The van der Waals surface area contributed by atoms with Gasteiger partial charge in [0.1, 0.15) is 11.2 Å². The molecule has 0 aliphatic rings. The Balaban J connectivity index is 1.48. The SMILES string of the molecule is CCN(Cc1cc(CO)cc(CN(CC)c2cc3oc(=O)cc(C)c3cc2C)c1)c1cc2oc(=O)cc(C)c2cc1C. The predicted molar refractivity (Wildman–Crippen MR) is 170 cm³/mol. The number of hydrogen-bond acceptors (Lipinski definition) is 7. The second kappa shape index (κ2) is 11.9. The van der Waals surface area contributed by atoms with E-state index in [0.29, 0.717) is 24.3 Å². The highest BCUT2D eigenvalue weighted by molar-refractivity contribution is 5.86. The van der Waals surface area contributed by atoms with Crippen molar-refractivity contribution in [3.05, 3.63) is 114 Å². The summed E-state index contributed by atoms with van der Waals surface area (Å²) in [6.45, 7) is 14.9. The molecule has 5 rings (SSSR count). The van der Waals surface area contributed by atoms with Gasteiger partial charge in [-0.15, -0.1) is 0 Å². The molecular weight excluding hydrogens is 528 g/mol. The molecule has 0 saturated heterocycles. The summed E-state index contributed by atoms with van der Waals surface area (Å²) in [4.78, 5) is 28.6. The Morgan fingerprint density at radius 3 is 1.36 bits per heavy atom. The van der Waals surface area contributed by atoms with Crippen LogP contribution in [0.15, 0.2) is 73.0 Å². The van der Waals surface area contributed by atoms with Crippen LogP contribution in [-0.4, -0.2) is 18.2 Å². The normalized spacial score (nSPS) is 11.4. The zero-order valence-electron chi connectivity index (χ0n) is 25.2. The fourth-order valence-electron chi connectivity index (χ4n) is 5.89. The first-order chi connectivity index (χ1) is 20.1. The van der Waals surface area contributed by atoms with Crippen LogP contribution in [0.4, 0.5) is 11.4 Å². The van der Waals surface area contributed by atoms with Gasteiger partial charge in [-0.05, 0) is 92.6 Å². The maximum absolute atomic E-state index is 12.0. The van der Waals surface area contributed by atoms with Gasteiger partial charge in [-0.2, -0.15) is 0 Å². The summed E-state index contributed by atoms with van der Waals surface area (Å²) in [5, 5.41) is 12.0. The van der Waals surface area contributed by atoms with Gasteiger partial charge in [0.2, 0.25) is 0 Å². The Morgan fingerprint density at radius 2 is 0.976 bits per heavy atom. The molecule has 218 valence electrons. The summed E-state index contributed by atoms with van der Waals surface area (Å²) >= 11 is 0. The van der Waals surface area contributed by atoms with Crippen LogP contribution < -0.4 is 21.1 Å². The molecule has 2 aromatic heterocycles. The molecule has 0 aliphatic heterocycles. The fourth-order valence-corrected chi connectivity index (χ4v) is 5.89. The van der Waals surface area contributed by atoms with Crippen LogP contribution in [0.3, 0.4) is 0 Å². The molecule has 7 nitrogen and oxygen atoms in total. The van der Waals surface area contributed by atoms with E-state index in [1.54, 1.807) is 0 Å². The van der Waals surface area contributed by atoms with Gasteiger partial charge in [-0.3, -0.25) is 0 Å². The molecule has 0 atom stereocenters. The standard InChI is InChI=1S/C35H38N2O5/c1-7-36(30-16-32-28(9-23(30)5)21(3)11-34(39)41-32)18-25-13-26(15-27(14-25)20-38)19-37(8-2)31-17-33-29(10-24(31)6)22(4)12-35(40)42-33/h9-17,38H,7-8,18-20H2,1-6H3. The lowest BCUT2D eigenvalue weighted by atomic mass is 10.0. The van der Waals surface area contributed by atoms with Crippen molar-refractivity contribution in [1.29, 1.82) is 0 Å². The van der Waals surface area contributed by atoms with E-state index in [-0.39, 0.29) is 17.9 Å². The average Bonchev–Trinajstić information content (AvgIpc) is 2.95. The molecule has 7 heteroatoms. The van der Waals surface area contributed by atoms with Crippen molar-refractivity contribution in [3.8, 4) is 0 Å². The molecule has 0 fully saturated rings. The Hall–Kier alpha value is -4.36. The van der Waals surface area contributed by atoms with Gasteiger partial charge in [0, 0.05) is 72.6 Å². The summed E-state index contributed by atoms with van der Waals surface area (Å²) in [6, 6.07) is 17.4. The van der Waals surface area contributed by atoms with Gasteiger partial charge in [0.15, 0.2) is 0 Å². The van der Waals surface area contributed by atoms with E-state index in [1.165, 1.54) is 12.1 Å². The molecule has 0 saturated carbocycles. The molecule has 1 N–H and O–H groups in total. The predicted octanol–water partition coefficient (Wildman–Crippen LogP) is 6.68. The van der Waals surface area contributed by atoms with Crippen LogP contribution in [0.25, 0.3) is 21.9 Å². The largest absolute Gasteiger partial charge is 0.423 e. The third kappa shape index (κ3) is 5.83. The lowest BCUT2D eigenvalue weighted by molar-refractivity contribution is 0.281. The van der Waals surface area contributed by atoms with Crippen molar-refractivity contribution in [1.82, 2.24) is 0 Å². The molecule has 5 aromatic rings. The number of rotatable bonds is 9. The smallest absolute Gasteiger partial charge is 0.336 e. The van der Waals surface area contributed by atoms with Crippen LogP contribution in [0.1, 0.15) is 52.8 Å². The molecular formula is C35H38N2O5. The van der Waals surface area contributed by atoms with Crippen molar-refractivity contribution < 1.29 is 13.9 Å². The number of hydrogen-bond donors (Lipinski definition) is 1. The zero-order chi connectivity index (χ0) is 30.1. The van der Waals surface area contributed by atoms with E-state index in [9.17, 15) is 14.7 Å². The van der Waals surface area contributed by atoms with Gasteiger partial charge < -0.3 is 23.7 Å².